The van der Waals surface area contributed by atoms with Crippen LogP contribution in [0.3, 0.4) is 0 Å². The van der Waals surface area contributed by atoms with Crippen LogP contribution in [0.4, 0.5) is 10.1 Å². The highest BCUT2D eigenvalue weighted by atomic mass is 32.2. The lowest BCUT2D eigenvalue weighted by Crippen LogP contribution is -2.28. The monoisotopic (exact) mass is 396 g/mol. The third-order valence-corrected chi connectivity index (χ3v) is 4.74. The molecule has 2 aromatic carbocycles. The molecule has 0 aromatic heterocycles. The molecule has 2 N–H and O–H groups in total. The van der Waals surface area contributed by atoms with Crippen molar-refractivity contribution < 1.29 is 14.0 Å². The molecule has 28 heavy (non-hydrogen) atoms. The van der Waals surface area contributed by atoms with Gasteiger partial charge in [-0.2, -0.15) is 5.10 Å². The van der Waals surface area contributed by atoms with Crippen molar-refractivity contribution in [1.29, 1.82) is 0 Å². The minimum atomic E-state index is -0.589. The van der Waals surface area contributed by atoms with Gasteiger partial charge in [0.25, 0.3) is 0 Å². The Balaban J connectivity index is 1.49. The van der Waals surface area contributed by atoms with Crippen LogP contribution in [0.2, 0.25) is 0 Å². The topological polar surface area (TPSA) is 82.9 Å². The summed E-state index contributed by atoms with van der Waals surface area (Å²) in [6.45, 7) is 0. The smallest absolute Gasteiger partial charge is 0.240 e. The fourth-order valence-corrected chi connectivity index (χ4v) is 3.27. The van der Waals surface area contributed by atoms with Gasteiger partial charge in [-0.25, -0.2) is 4.39 Å². The summed E-state index contributed by atoms with van der Waals surface area (Å²) in [5.41, 5.74) is 1.51. The molecule has 1 atom stereocenters. The van der Waals surface area contributed by atoms with Crippen LogP contribution in [-0.2, 0) is 9.59 Å². The first kappa shape index (κ1) is 19.5. The maximum absolute atomic E-state index is 12.9. The normalized spacial score (nSPS) is 18.1. The number of allylic oxidation sites excluding steroid dienone is 1. The Hall–Kier alpha value is -3.26. The molecule has 1 saturated heterocycles. The molecule has 8 heteroatoms. The summed E-state index contributed by atoms with van der Waals surface area (Å²) in [5, 5.41) is 12.8. The predicted molar refractivity (Wildman–Crippen MR) is 111 cm³/mol. The zero-order valence-electron chi connectivity index (χ0n) is 14.7. The van der Waals surface area contributed by atoms with E-state index in [1.165, 1.54) is 30.5 Å². The van der Waals surface area contributed by atoms with E-state index in [2.05, 4.69) is 20.8 Å². The summed E-state index contributed by atoms with van der Waals surface area (Å²) < 4.78 is 12.9. The zero-order valence-corrected chi connectivity index (χ0v) is 15.5. The van der Waals surface area contributed by atoms with E-state index in [0.717, 1.165) is 17.3 Å². The highest BCUT2D eigenvalue weighted by molar-refractivity contribution is 8.15. The average Bonchev–Trinajstić information content (AvgIpc) is 3.03. The van der Waals surface area contributed by atoms with E-state index in [0.29, 0.717) is 10.9 Å². The first-order valence-corrected chi connectivity index (χ1v) is 9.34. The van der Waals surface area contributed by atoms with Gasteiger partial charge < -0.3 is 10.6 Å². The molecule has 2 aromatic rings. The average molecular weight is 396 g/mol. The molecule has 0 spiro atoms. The standard InChI is InChI=1S/C20H17FN4O2S/c21-15-8-10-16(11-9-15)23-18(26)13-17-19(27)24-20(28-17)25-22-12-4-7-14-5-2-1-3-6-14/h1-12,17H,13H2,(H,23,26)(H,24,25,27)/b7-4+,22-12-/t17-/m1/s1. The second-order valence-electron chi connectivity index (χ2n) is 5.79. The van der Waals surface area contributed by atoms with E-state index >= 15 is 0 Å². The van der Waals surface area contributed by atoms with Crippen molar-refractivity contribution in [3.63, 3.8) is 0 Å². The maximum Gasteiger partial charge on any atom is 0.240 e. The molecule has 0 aliphatic carbocycles. The van der Waals surface area contributed by atoms with Crippen LogP contribution in [0, 0.1) is 5.82 Å². The van der Waals surface area contributed by atoms with Crippen molar-refractivity contribution in [3.8, 4) is 0 Å². The molecular weight excluding hydrogens is 379 g/mol. The highest BCUT2D eigenvalue weighted by Crippen LogP contribution is 2.23. The molecule has 1 heterocycles. The van der Waals surface area contributed by atoms with Crippen molar-refractivity contribution in [2.45, 2.75) is 11.7 Å². The second kappa shape index (κ2) is 9.61. The molecule has 0 radical (unpaired) electrons. The van der Waals surface area contributed by atoms with Crippen molar-refractivity contribution >= 4 is 46.7 Å². The molecule has 6 nitrogen and oxygen atoms in total. The molecule has 0 bridgehead atoms. The van der Waals surface area contributed by atoms with Gasteiger partial charge in [0.15, 0.2) is 5.17 Å². The number of amides is 2. The Morgan fingerprint density at radius 3 is 2.68 bits per heavy atom. The molecule has 0 saturated carbocycles. The van der Waals surface area contributed by atoms with Crippen molar-refractivity contribution in [2.24, 2.45) is 10.2 Å². The molecule has 0 unspecified atom stereocenters. The number of halogens is 1. The second-order valence-corrected chi connectivity index (χ2v) is 6.99. The van der Waals surface area contributed by atoms with Gasteiger partial charge in [-0.05, 0) is 35.9 Å². The van der Waals surface area contributed by atoms with Crippen LogP contribution in [0.25, 0.3) is 6.08 Å². The lowest BCUT2D eigenvalue weighted by molar-refractivity contribution is -0.122. The number of nitrogens with one attached hydrogen (secondary N) is 2. The summed E-state index contributed by atoms with van der Waals surface area (Å²) in [7, 11) is 0. The summed E-state index contributed by atoms with van der Waals surface area (Å²) in [4.78, 5) is 24.0. The number of carbonyl (C=O) groups is 2. The van der Waals surface area contributed by atoms with Gasteiger partial charge in [0.2, 0.25) is 11.8 Å². The lowest BCUT2D eigenvalue weighted by atomic mass is 10.2. The molecule has 3 rings (SSSR count). The minimum Gasteiger partial charge on any atom is -0.326 e. The van der Waals surface area contributed by atoms with E-state index in [4.69, 9.17) is 0 Å². The first-order valence-electron chi connectivity index (χ1n) is 8.46. The molecule has 1 fully saturated rings. The summed E-state index contributed by atoms with van der Waals surface area (Å²) >= 11 is 1.15. The van der Waals surface area contributed by atoms with Gasteiger partial charge >= 0.3 is 0 Å². The minimum absolute atomic E-state index is 0.0233. The number of hydrogen-bond acceptors (Lipinski definition) is 5. The highest BCUT2D eigenvalue weighted by Gasteiger charge is 2.32. The van der Waals surface area contributed by atoms with Crippen molar-refractivity contribution in [2.75, 3.05) is 5.32 Å². The number of anilines is 1. The summed E-state index contributed by atoms with van der Waals surface area (Å²) in [6.07, 6.45) is 5.12. The quantitative estimate of drug-likeness (QED) is 0.580. The van der Waals surface area contributed by atoms with E-state index in [-0.39, 0.29) is 24.1 Å². The van der Waals surface area contributed by atoms with E-state index < -0.39 is 5.25 Å². The van der Waals surface area contributed by atoms with Gasteiger partial charge in [-0.1, -0.05) is 48.2 Å². The number of thioether (sulfide) groups is 1. The maximum atomic E-state index is 12.9. The van der Waals surface area contributed by atoms with Crippen LogP contribution in [0.15, 0.2) is 70.9 Å². The summed E-state index contributed by atoms with van der Waals surface area (Å²) in [5.74, 6) is -1.02. The van der Waals surface area contributed by atoms with Gasteiger partial charge in [0.05, 0.1) is 0 Å². The fourth-order valence-electron chi connectivity index (χ4n) is 2.34. The Bertz CT molecular complexity index is 927. The summed E-state index contributed by atoms with van der Waals surface area (Å²) in [6, 6.07) is 15.2. The number of amidine groups is 1. The number of rotatable bonds is 6. The fraction of sp³-hybridized carbons (Fsp3) is 0.100. The van der Waals surface area contributed by atoms with Gasteiger partial charge in [0, 0.05) is 18.3 Å². The molecular formula is C20H17FN4O2S. The number of hydrogen-bond donors (Lipinski definition) is 2. The van der Waals surface area contributed by atoms with Crippen LogP contribution >= 0.6 is 11.8 Å². The van der Waals surface area contributed by atoms with Crippen molar-refractivity contribution in [1.82, 2.24) is 5.32 Å². The van der Waals surface area contributed by atoms with Crippen LogP contribution < -0.4 is 10.6 Å². The Labute approximate surface area is 165 Å². The van der Waals surface area contributed by atoms with Gasteiger partial charge in [0.1, 0.15) is 11.1 Å². The van der Waals surface area contributed by atoms with E-state index in [1.54, 1.807) is 6.08 Å². The third kappa shape index (κ3) is 5.88. The van der Waals surface area contributed by atoms with E-state index in [1.807, 2.05) is 36.4 Å². The number of benzene rings is 2. The number of nitrogens with zero attached hydrogens (tertiary/aromatic N) is 2. The van der Waals surface area contributed by atoms with E-state index in [9.17, 15) is 14.0 Å². The molecule has 142 valence electrons. The predicted octanol–water partition coefficient (Wildman–Crippen LogP) is 3.44. The Kier molecular flexibility index (Phi) is 6.69. The number of carbonyl (C=O) groups excluding carboxylic acids is 2. The molecule has 1 aliphatic heterocycles. The van der Waals surface area contributed by atoms with Gasteiger partial charge in [-0.15, -0.1) is 5.10 Å². The molecule has 2 amide bonds. The third-order valence-electron chi connectivity index (χ3n) is 3.66. The van der Waals surface area contributed by atoms with Crippen molar-refractivity contribution in [3.05, 3.63) is 72.1 Å². The largest absolute Gasteiger partial charge is 0.326 e. The lowest BCUT2D eigenvalue weighted by Gasteiger charge is -2.07. The van der Waals surface area contributed by atoms with Crippen LogP contribution in [0.1, 0.15) is 12.0 Å². The first-order chi connectivity index (χ1) is 13.6. The Morgan fingerprint density at radius 2 is 1.93 bits per heavy atom. The Morgan fingerprint density at radius 1 is 1.18 bits per heavy atom. The zero-order chi connectivity index (χ0) is 19.8. The van der Waals surface area contributed by atoms with Crippen LogP contribution in [-0.4, -0.2) is 28.4 Å². The van der Waals surface area contributed by atoms with Gasteiger partial charge in [-0.3, -0.25) is 9.59 Å². The van der Waals surface area contributed by atoms with Crippen LogP contribution in [0.5, 0.6) is 0 Å². The molecule has 1 aliphatic rings. The SMILES string of the molecule is O=C(C[C@H]1S\C(=N/N=C\C=C\c2ccccc2)NC1=O)Nc1ccc(F)cc1.